The predicted molar refractivity (Wildman–Crippen MR) is 143 cm³/mol. The highest BCUT2D eigenvalue weighted by molar-refractivity contribution is 6.06. The molecule has 0 unspecified atom stereocenters. The van der Waals surface area contributed by atoms with E-state index >= 15 is 0 Å². The molecule has 0 atom stereocenters. The minimum absolute atomic E-state index is 0.0143. The first-order chi connectivity index (χ1) is 15.3. The normalized spacial score (nSPS) is 15.5. The van der Waals surface area contributed by atoms with Gasteiger partial charge in [-0.05, 0) is 84.6 Å². The quantitative estimate of drug-likeness (QED) is 0.423. The van der Waals surface area contributed by atoms with Gasteiger partial charge in [-0.25, -0.2) is 0 Å². The monoisotopic (exact) mass is 443 g/mol. The Labute approximate surface area is 201 Å². The molecule has 0 fully saturated rings. The first-order valence-corrected chi connectivity index (χ1v) is 12.0. The number of allylic oxidation sites excluding steroid dienone is 4. The van der Waals surface area contributed by atoms with Gasteiger partial charge in [0.05, 0.1) is 18.5 Å². The van der Waals surface area contributed by atoms with E-state index in [-0.39, 0.29) is 10.8 Å². The summed E-state index contributed by atoms with van der Waals surface area (Å²) < 4.78 is 5.37. The minimum Gasteiger partial charge on any atom is -0.497 e. The van der Waals surface area contributed by atoms with Crippen molar-refractivity contribution in [2.24, 2.45) is 4.99 Å². The van der Waals surface area contributed by atoms with Gasteiger partial charge in [-0.15, -0.1) is 0 Å². The minimum atomic E-state index is 0.0143. The fourth-order valence-corrected chi connectivity index (χ4v) is 4.68. The molecule has 0 aromatic heterocycles. The van der Waals surface area contributed by atoms with Crippen LogP contribution in [0.3, 0.4) is 0 Å². The van der Waals surface area contributed by atoms with Crippen LogP contribution in [0, 0.1) is 0 Å². The molecule has 33 heavy (non-hydrogen) atoms. The lowest BCUT2D eigenvalue weighted by Gasteiger charge is -2.31. The van der Waals surface area contributed by atoms with Crippen molar-refractivity contribution in [2.45, 2.75) is 86.0 Å². The van der Waals surface area contributed by atoms with Gasteiger partial charge in [-0.1, -0.05) is 70.9 Å². The Bertz CT molecular complexity index is 1080. The molecule has 0 bridgehead atoms. The molecule has 2 heteroatoms. The van der Waals surface area contributed by atoms with E-state index in [1.54, 1.807) is 7.11 Å². The summed E-state index contributed by atoms with van der Waals surface area (Å²) in [7, 11) is 1.70. The Morgan fingerprint density at radius 1 is 0.818 bits per heavy atom. The van der Waals surface area contributed by atoms with Crippen LogP contribution in [0.1, 0.15) is 91.8 Å². The van der Waals surface area contributed by atoms with Gasteiger partial charge in [0.2, 0.25) is 0 Å². The van der Waals surface area contributed by atoms with Crippen LogP contribution in [0.4, 0.5) is 5.69 Å². The van der Waals surface area contributed by atoms with Crippen molar-refractivity contribution in [3.63, 3.8) is 0 Å². The van der Waals surface area contributed by atoms with E-state index in [0.717, 1.165) is 30.0 Å². The summed E-state index contributed by atoms with van der Waals surface area (Å²) in [5.74, 6) is 0.853. The van der Waals surface area contributed by atoms with Crippen LogP contribution in [0.15, 0.2) is 69.7 Å². The topological polar surface area (TPSA) is 21.6 Å². The van der Waals surface area contributed by atoms with Gasteiger partial charge < -0.3 is 4.74 Å². The second-order valence-electron chi connectivity index (χ2n) is 11.5. The summed E-state index contributed by atoms with van der Waals surface area (Å²) in [6, 6.07) is 14.9. The lowest BCUT2D eigenvalue weighted by atomic mass is 9.74. The molecule has 0 radical (unpaired) electrons. The van der Waals surface area contributed by atoms with Crippen molar-refractivity contribution in [3.8, 4) is 5.75 Å². The highest BCUT2D eigenvalue weighted by Gasteiger charge is 2.29. The Kier molecular flexibility index (Phi) is 7.07. The highest BCUT2D eigenvalue weighted by Crippen LogP contribution is 2.39. The summed E-state index contributed by atoms with van der Waals surface area (Å²) in [6.07, 6.45) is 1.91. The van der Waals surface area contributed by atoms with Gasteiger partial charge in [0.15, 0.2) is 0 Å². The smallest absolute Gasteiger partial charge is 0.119 e. The Morgan fingerprint density at radius 2 is 1.36 bits per heavy atom. The van der Waals surface area contributed by atoms with E-state index in [0.29, 0.717) is 0 Å². The highest BCUT2D eigenvalue weighted by atomic mass is 16.5. The van der Waals surface area contributed by atoms with E-state index in [1.807, 2.05) is 12.1 Å². The van der Waals surface area contributed by atoms with Crippen LogP contribution in [0.5, 0.6) is 5.75 Å². The molecule has 0 amide bonds. The third-order valence-electron chi connectivity index (χ3n) is 6.90. The fraction of sp³-hybridized carbons (Fsp3) is 0.452. The van der Waals surface area contributed by atoms with Crippen molar-refractivity contribution in [2.75, 3.05) is 7.11 Å². The van der Waals surface area contributed by atoms with Crippen molar-refractivity contribution < 1.29 is 4.74 Å². The van der Waals surface area contributed by atoms with Crippen LogP contribution >= 0.6 is 0 Å². The van der Waals surface area contributed by atoms with E-state index in [4.69, 9.17) is 9.73 Å². The molecule has 0 spiro atoms. The lowest BCUT2D eigenvalue weighted by Crippen LogP contribution is -2.24. The Morgan fingerprint density at radius 3 is 1.79 bits per heavy atom. The van der Waals surface area contributed by atoms with Crippen LogP contribution in [0.2, 0.25) is 0 Å². The van der Waals surface area contributed by atoms with Crippen molar-refractivity contribution >= 4 is 11.4 Å². The Hall–Kier alpha value is -2.61. The molecule has 0 saturated carbocycles. The molecular weight excluding hydrogens is 402 g/mol. The van der Waals surface area contributed by atoms with Crippen LogP contribution < -0.4 is 4.74 Å². The van der Waals surface area contributed by atoms with E-state index in [2.05, 4.69) is 92.6 Å². The van der Waals surface area contributed by atoms with Crippen molar-refractivity contribution in [1.29, 1.82) is 0 Å². The predicted octanol–water partition coefficient (Wildman–Crippen LogP) is 8.86. The van der Waals surface area contributed by atoms with Gasteiger partial charge in [0.1, 0.15) is 5.75 Å². The van der Waals surface area contributed by atoms with Crippen LogP contribution in [-0.4, -0.2) is 12.8 Å². The number of ether oxygens (including phenoxy) is 1. The molecule has 2 nitrogen and oxygen atoms in total. The molecule has 0 N–H and O–H groups in total. The van der Waals surface area contributed by atoms with Gasteiger partial charge in [-0.2, -0.15) is 0 Å². The number of rotatable bonds is 5. The SMILES string of the molecule is COc1ccc(N=C(CC2=C(C)C(C)=C(C)C2)c2c(C(C)(C)C)cccc2C(C)(C)C)cc1. The molecule has 0 aliphatic heterocycles. The molecule has 176 valence electrons. The Balaban J connectivity index is 2.27. The summed E-state index contributed by atoms with van der Waals surface area (Å²) in [5.41, 5.74) is 12.0. The lowest BCUT2D eigenvalue weighted by molar-refractivity contribution is 0.415. The fourth-order valence-electron chi connectivity index (χ4n) is 4.68. The van der Waals surface area contributed by atoms with Gasteiger partial charge >= 0.3 is 0 Å². The maximum Gasteiger partial charge on any atom is 0.119 e. The third-order valence-corrected chi connectivity index (χ3v) is 6.90. The zero-order valence-electron chi connectivity index (χ0n) is 22.3. The summed E-state index contributed by atoms with van der Waals surface area (Å²) in [4.78, 5) is 5.31. The van der Waals surface area contributed by atoms with Gasteiger partial charge in [0.25, 0.3) is 0 Å². The molecule has 3 rings (SSSR count). The first-order valence-electron chi connectivity index (χ1n) is 12.0. The average molecular weight is 444 g/mol. The number of methoxy groups -OCH3 is 1. The number of hydrogen-bond acceptors (Lipinski definition) is 2. The van der Waals surface area contributed by atoms with Crippen molar-refractivity contribution in [1.82, 2.24) is 0 Å². The summed E-state index contributed by atoms with van der Waals surface area (Å²) >= 11 is 0. The molecule has 2 aromatic carbocycles. The maximum atomic E-state index is 5.37. The average Bonchev–Trinajstić information content (AvgIpc) is 2.98. The number of aliphatic imine (C=N–C) groups is 1. The number of nitrogens with zero attached hydrogens (tertiary/aromatic N) is 1. The van der Waals surface area contributed by atoms with Gasteiger partial charge in [0, 0.05) is 12.0 Å². The standard InChI is InChI=1S/C31H41NO/c1-20-18-23(22(3)21(20)2)19-28(32-24-14-16-25(33-10)17-15-24)29-26(30(4,5)6)12-11-13-27(29)31(7,8)9/h11-17H,18-19H2,1-10H3. The molecule has 0 heterocycles. The van der Waals surface area contributed by atoms with E-state index in [9.17, 15) is 0 Å². The number of hydrogen-bond donors (Lipinski definition) is 0. The molecule has 0 saturated heterocycles. The van der Waals surface area contributed by atoms with E-state index < -0.39 is 0 Å². The number of benzene rings is 2. The molecule has 2 aromatic rings. The van der Waals surface area contributed by atoms with E-state index in [1.165, 1.54) is 39.0 Å². The second kappa shape index (κ2) is 9.33. The zero-order valence-corrected chi connectivity index (χ0v) is 22.3. The molecular formula is C31H41NO. The summed E-state index contributed by atoms with van der Waals surface area (Å²) in [6.45, 7) is 20.6. The molecule has 1 aliphatic carbocycles. The largest absolute Gasteiger partial charge is 0.497 e. The first kappa shape index (κ1) is 25.0. The van der Waals surface area contributed by atoms with Crippen LogP contribution in [0.25, 0.3) is 0 Å². The van der Waals surface area contributed by atoms with Crippen LogP contribution in [-0.2, 0) is 10.8 Å². The second-order valence-corrected chi connectivity index (χ2v) is 11.5. The third kappa shape index (κ3) is 5.49. The molecule has 1 aliphatic rings. The zero-order chi connectivity index (χ0) is 24.6. The maximum absolute atomic E-state index is 5.37. The summed E-state index contributed by atoms with van der Waals surface area (Å²) in [5, 5.41) is 0. The van der Waals surface area contributed by atoms with Crippen molar-refractivity contribution in [3.05, 3.63) is 81.4 Å². The van der Waals surface area contributed by atoms with Gasteiger partial charge in [-0.3, -0.25) is 4.99 Å².